The van der Waals surface area contributed by atoms with E-state index in [0.29, 0.717) is 43.3 Å². The summed E-state index contributed by atoms with van der Waals surface area (Å²) in [6.45, 7) is 7.18. The number of anilines is 1. The average Bonchev–Trinajstić information content (AvgIpc) is 3.33. The molecule has 0 saturated carbocycles. The number of hydrogen-bond donors (Lipinski definition) is 0. The van der Waals surface area contributed by atoms with Gasteiger partial charge in [0.1, 0.15) is 5.82 Å². The summed E-state index contributed by atoms with van der Waals surface area (Å²) in [5.74, 6) is -0.244. The fourth-order valence-electron chi connectivity index (χ4n) is 4.90. The van der Waals surface area contributed by atoms with Gasteiger partial charge in [-0.2, -0.15) is 5.10 Å². The molecule has 7 heteroatoms. The Bertz CT molecular complexity index is 1280. The van der Waals surface area contributed by atoms with E-state index in [1.165, 1.54) is 17.2 Å². The van der Waals surface area contributed by atoms with E-state index in [9.17, 15) is 9.18 Å². The van der Waals surface area contributed by atoms with E-state index in [-0.39, 0.29) is 24.3 Å². The van der Waals surface area contributed by atoms with Gasteiger partial charge in [0.05, 0.1) is 24.0 Å². The molecule has 2 aliphatic heterocycles. The van der Waals surface area contributed by atoms with Crippen LogP contribution in [0.1, 0.15) is 34.7 Å². The van der Waals surface area contributed by atoms with Crippen molar-refractivity contribution in [3.05, 3.63) is 99.8 Å². The van der Waals surface area contributed by atoms with Crippen molar-refractivity contribution < 1.29 is 9.18 Å². The number of rotatable bonds is 5. The maximum absolute atomic E-state index is 14.2. The monoisotopic (exact) mass is 504 g/mol. The first-order chi connectivity index (χ1) is 17.4. The fraction of sp³-hybridized carbons (Fsp3) is 0.310. The molecule has 1 amide bonds. The first-order valence-corrected chi connectivity index (χ1v) is 12.7. The van der Waals surface area contributed by atoms with Gasteiger partial charge in [0.2, 0.25) is 0 Å². The predicted octanol–water partition coefficient (Wildman–Crippen LogP) is 5.60. The predicted molar refractivity (Wildman–Crippen MR) is 143 cm³/mol. The van der Waals surface area contributed by atoms with Crippen LogP contribution in [-0.2, 0) is 4.79 Å². The van der Waals surface area contributed by atoms with Gasteiger partial charge >= 0.3 is 0 Å². The van der Waals surface area contributed by atoms with Crippen LogP contribution in [-0.4, -0.2) is 54.3 Å². The lowest BCUT2D eigenvalue weighted by atomic mass is 9.96. The summed E-state index contributed by atoms with van der Waals surface area (Å²) in [5.41, 5.74) is 6.03. The number of nitrogens with zero attached hydrogens (tertiary/aromatic N) is 4. The number of carbonyl (C=O) groups is 1. The highest BCUT2D eigenvalue weighted by molar-refractivity contribution is 6.30. The second kappa shape index (κ2) is 10.4. The van der Waals surface area contributed by atoms with Gasteiger partial charge in [-0.05, 0) is 66.4 Å². The molecule has 3 aromatic rings. The maximum Gasteiger partial charge on any atom is 0.257 e. The van der Waals surface area contributed by atoms with E-state index >= 15 is 0 Å². The third-order valence-corrected chi connectivity index (χ3v) is 7.44. The second-order valence-corrected chi connectivity index (χ2v) is 10.0. The number of halogens is 2. The van der Waals surface area contributed by atoms with Gasteiger partial charge in [0.15, 0.2) is 0 Å². The molecule has 1 fully saturated rings. The topological polar surface area (TPSA) is 39.2 Å². The Morgan fingerprint density at radius 1 is 0.972 bits per heavy atom. The summed E-state index contributed by atoms with van der Waals surface area (Å²) in [6.07, 6.45) is 0.650. The van der Waals surface area contributed by atoms with Crippen molar-refractivity contribution in [2.75, 3.05) is 37.6 Å². The van der Waals surface area contributed by atoms with E-state index in [1.54, 1.807) is 17.1 Å². The standard InChI is InChI=1S/C29H30ClFN4O/c1-20-7-8-23(17-21(20)2)26-18-28(22-9-11-24(30)12-10-22)35(32-26)29(36)19-33-13-15-34(16-14-33)27-6-4-3-5-25(27)31/h3-12,17,28H,13-16,18-19H2,1-2H3. The number of carbonyl (C=O) groups excluding carboxylic acids is 1. The second-order valence-electron chi connectivity index (χ2n) is 9.57. The van der Waals surface area contributed by atoms with Crippen LogP contribution in [0.15, 0.2) is 71.8 Å². The highest BCUT2D eigenvalue weighted by Crippen LogP contribution is 2.34. The van der Waals surface area contributed by atoms with Gasteiger partial charge in [-0.1, -0.05) is 48.0 Å². The molecule has 36 heavy (non-hydrogen) atoms. The van der Waals surface area contributed by atoms with Crippen molar-refractivity contribution >= 4 is 28.9 Å². The molecular weight excluding hydrogens is 475 g/mol. The molecule has 1 saturated heterocycles. The molecule has 0 aliphatic carbocycles. The third kappa shape index (κ3) is 5.15. The van der Waals surface area contributed by atoms with Gasteiger partial charge in [-0.15, -0.1) is 0 Å². The molecule has 5 nitrogen and oxygen atoms in total. The molecule has 2 heterocycles. The van der Waals surface area contributed by atoms with Crippen molar-refractivity contribution in [3.63, 3.8) is 0 Å². The number of hydrazone groups is 1. The van der Waals surface area contributed by atoms with Gasteiger partial charge in [-0.3, -0.25) is 9.69 Å². The SMILES string of the molecule is Cc1ccc(C2=NN(C(=O)CN3CCN(c4ccccc4F)CC3)C(c3ccc(Cl)cc3)C2)cc1C. The Morgan fingerprint density at radius 3 is 2.39 bits per heavy atom. The zero-order valence-electron chi connectivity index (χ0n) is 20.6. The highest BCUT2D eigenvalue weighted by atomic mass is 35.5. The first kappa shape index (κ1) is 24.5. The smallest absolute Gasteiger partial charge is 0.257 e. The molecule has 0 radical (unpaired) electrons. The lowest BCUT2D eigenvalue weighted by molar-refractivity contribution is -0.134. The summed E-state index contributed by atoms with van der Waals surface area (Å²) in [5, 5.41) is 7.14. The van der Waals surface area contributed by atoms with Crippen LogP contribution in [0.3, 0.4) is 0 Å². The van der Waals surface area contributed by atoms with E-state index in [0.717, 1.165) is 16.8 Å². The van der Waals surface area contributed by atoms with Crippen molar-refractivity contribution in [2.45, 2.75) is 26.3 Å². The van der Waals surface area contributed by atoms with Crippen LogP contribution in [0.5, 0.6) is 0 Å². The van der Waals surface area contributed by atoms with Gasteiger partial charge in [-0.25, -0.2) is 9.40 Å². The van der Waals surface area contributed by atoms with E-state index in [2.05, 4.69) is 36.9 Å². The molecule has 0 N–H and O–H groups in total. The average molecular weight is 505 g/mol. The van der Waals surface area contributed by atoms with Gasteiger partial charge < -0.3 is 4.90 Å². The van der Waals surface area contributed by atoms with Crippen molar-refractivity contribution in [2.24, 2.45) is 5.10 Å². The van der Waals surface area contributed by atoms with Gasteiger partial charge in [0, 0.05) is 37.6 Å². The van der Waals surface area contributed by atoms with Crippen LogP contribution in [0.25, 0.3) is 0 Å². The van der Waals surface area contributed by atoms with Crippen LogP contribution >= 0.6 is 11.6 Å². The molecule has 1 unspecified atom stereocenters. The molecular formula is C29H30ClFN4O. The number of amides is 1. The van der Waals surface area contributed by atoms with Gasteiger partial charge in [0.25, 0.3) is 5.91 Å². The molecule has 1 atom stereocenters. The summed E-state index contributed by atoms with van der Waals surface area (Å²) in [4.78, 5) is 17.7. The third-order valence-electron chi connectivity index (χ3n) is 7.19. The molecule has 2 aliphatic rings. The minimum atomic E-state index is -0.210. The maximum atomic E-state index is 14.2. The minimum absolute atomic E-state index is 0.0341. The zero-order chi connectivity index (χ0) is 25.2. The Balaban J connectivity index is 1.32. The fourth-order valence-corrected chi connectivity index (χ4v) is 5.03. The number of piperazine rings is 1. The normalized spacial score (nSPS) is 18.4. The Morgan fingerprint density at radius 2 is 1.69 bits per heavy atom. The molecule has 5 rings (SSSR count). The highest BCUT2D eigenvalue weighted by Gasteiger charge is 2.34. The van der Waals surface area contributed by atoms with Crippen molar-refractivity contribution in [1.29, 1.82) is 0 Å². The lowest BCUT2D eigenvalue weighted by Gasteiger charge is -2.36. The number of para-hydroxylation sites is 1. The zero-order valence-corrected chi connectivity index (χ0v) is 21.4. The molecule has 0 aromatic heterocycles. The molecule has 3 aromatic carbocycles. The van der Waals surface area contributed by atoms with Crippen LogP contribution < -0.4 is 4.90 Å². The molecule has 186 valence electrons. The first-order valence-electron chi connectivity index (χ1n) is 12.3. The number of hydrogen-bond acceptors (Lipinski definition) is 4. The van der Waals surface area contributed by atoms with Crippen LogP contribution in [0.4, 0.5) is 10.1 Å². The molecule has 0 spiro atoms. The minimum Gasteiger partial charge on any atom is -0.367 e. The van der Waals surface area contributed by atoms with Crippen LogP contribution in [0, 0.1) is 19.7 Å². The summed E-state index contributed by atoms with van der Waals surface area (Å²) in [7, 11) is 0. The largest absolute Gasteiger partial charge is 0.367 e. The quantitative estimate of drug-likeness (QED) is 0.454. The Labute approximate surface area is 216 Å². The number of aryl methyl sites for hydroxylation is 2. The van der Waals surface area contributed by atoms with Crippen LogP contribution in [0.2, 0.25) is 5.02 Å². The lowest BCUT2D eigenvalue weighted by Crippen LogP contribution is -2.49. The summed E-state index contributed by atoms with van der Waals surface area (Å²) < 4.78 is 14.2. The van der Waals surface area contributed by atoms with Crippen molar-refractivity contribution in [3.8, 4) is 0 Å². The molecule has 0 bridgehead atoms. The summed E-state index contributed by atoms with van der Waals surface area (Å²) in [6, 6.07) is 20.6. The Hall–Kier alpha value is -3.22. The number of benzene rings is 3. The van der Waals surface area contributed by atoms with E-state index < -0.39 is 0 Å². The Kier molecular flexibility index (Phi) is 7.08. The van der Waals surface area contributed by atoms with E-state index in [4.69, 9.17) is 16.7 Å². The summed E-state index contributed by atoms with van der Waals surface area (Å²) >= 11 is 6.13. The van der Waals surface area contributed by atoms with E-state index in [1.807, 2.05) is 35.2 Å². The van der Waals surface area contributed by atoms with Crippen molar-refractivity contribution in [1.82, 2.24) is 9.91 Å².